The Balaban J connectivity index is 2.15. The largest absolute Gasteiger partial charge is 0.497 e. The third-order valence-corrected chi connectivity index (χ3v) is 4.39. The highest BCUT2D eigenvalue weighted by atomic mass is 35.5. The Morgan fingerprint density at radius 2 is 1.88 bits per heavy atom. The van der Waals surface area contributed by atoms with E-state index < -0.39 is 12.0 Å². The van der Waals surface area contributed by atoms with E-state index in [0.29, 0.717) is 21.9 Å². The van der Waals surface area contributed by atoms with E-state index in [2.05, 4.69) is 0 Å². The number of amides is 1. The monoisotopic (exact) mass is 395 g/mol. The standard InChI is InChI=1S/C18H19Cl2N3O3/c1-25-13-7-8-14(15(19)9-13)16(26-2)18(24)23(20)10-11-3-5-12(6-4-11)17(21)22/h3-9,16H,10H2,1-2H3,(H3,21,22). The average Bonchev–Trinajstić information content (AvgIpc) is 2.63. The zero-order valence-electron chi connectivity index (χ0n) is 14.3. The summed E-state index contributed by atoms with van der Waals surface area (Å²) in [5, 5.41) is 7.74. The minimum atomic E-state index is -0.942. The molecule has 8 heteroatoms. The summed E-state index contributed by atoms with van der Waals surface area (Å²) >= 11 is 12.4. The summed E-state index contributed by atoms with van der Waals surface area (Å²) in [7, 11) is 2.94. The van der Waals surface area contributed by atoms with Gasteiger partial charge in [-0.15, -0.1) is 0 Å². The zero-order chi connectivity index (χ0) is 19.3. The van der Waals surface area contributed by atoms with Crippen LogP contribution in [0, 0.1) is 5.41 Å². The maximum absolute atomic E-state index is 12.7. The molecule has 26 heavy (non-hydrogen) atoms. The molecular formula is C18H19Cl2N3O3. The summed E-state index contributed by atoms with van der Waals surface area (Å²) in [6, 6.07) is 11.9. The molecule has 2 aromatic carbocycles. The van der Waals surface area contributed by atoms with Crippen LogP contribution in [0.2, 0.25) is 5.02 Å². The lowest BCUT2D eigenvalue weighted by Crippen LogP contribution is -2.28. The van der Waals surface area contributed by atoms with Gasteiger partial charge in [-0.25, -0.2) is 4.42 Å². The minimum absolute atomic E-state index is 0.0241. The number of methoxy groups -OCH3 is 2. The van der Waals surface area contributed by atoms with Crippen molar-refractivity contribution in [2.75, 3.05) is 14.2 Å². The second-order valence-corrected chi connectivity index (χ2v) is 6.29. The Bertz CT molecular complexity index is 797. The van der Waals surface area contributed by atoms with Gasteiger partial charge in [0.2, 0.25) is 0 Å². The second-order valence-electron chi connectivity index (χ2n) is 5.47. The number of hydrogen-bond acceptors (Lipinski definition) is 4. The van der Waals surface area contributed by atoms with Crippen molar-refractivity contribution in [2.24, 2.45) is 5.73 Å². The van der Waals surface area contributed by atoms with Crippen molar-refractivity contribution in [3.8, 4) is 5.75 Å². The van der Waals surface area contributed by atoms with E-state index in [1.807, 2.05) is 0 Å². The topological polar surface area (TPSA) is 88.6 Å². The number of ether oxygens (including phenoxy) is 2. The molecule has 1 atom stereocenters. The third kappa shape index (κ3) is 4.66. The number of carbonyl (C=O) groups is 1. The molecule has 2 aromatic rings. The molecule has 6 nitrogen and oxygen atoms in total. The molecule has 0 saturated carbocycles. The van der Waals surface area contributed by atoms with Gasteiger partial charge in [-0.3, -0.25) is 10.2 Å². The second kappa shape index (κ2) is 8.89. The van der Waals surface area contributed by atoms with Gasteiger partial charge in [0.25, 0.3) is 5.91 Å². The number of nitrogens with one attached hydrogen (secondary N) is 1. The lowest BCUT2D eigenvalue weighted by Gasteiger charge is -2.22. The first-order valence-corrected chi connectivity index (χ1v) is 8.35. The van der Waals surface area contributed by atoms with E-state index >= 15 is 0 Å². The molecular weight excluding hydrogens is 377 g/mol. The number of nitrogen functional groups attached to an aromatic ring is 1. The summed E-state index contributed by atoms with van der Waals surface area (Å²) in [5.41, 5.74) is 7.31. The fraction of sp³-hybridized carbons (Fsp3) is 0.222. The SMILES string of the molecule is COc1ccc(C(OC)C(=O)N(Cl)Cc2ccc(C(=N)N)cc2)c(Cl)c1. The van der Waals surface area contributed by atoms with Crippen molar-refractivity contribution >= 4 is 35.1 Å². The van der Waals surface area contributed by atoms with Crippen LogP contribution in [-0.4, -0.2) is 30.4 Å². The number of halogens is 2. The number of hydrogen-bond donors (Lipinski definition) is 2. The average molecular weight is 396 g/mol. The lowest BCUT2D eigenvalue weighted by molar-refractivity contribution is -0.137. The normalized spacial score (nSPS) is 11.7. The number of nitrogens with zero attached hydrogens (tertiary/aromatic N) is 1. The van der Waals surface area contributed by atoms with Crippen LogP contribution < -0.4 is 10.5 Å². The Hall–Kier alpha value is -2.28. The van der Waals surface area contributed by atoms with Crippen LogP contribution in [0.15, 0.2) is 42.5 Å². The number of carbonyl (C=O) groups excluding carboxylic acids is 1. The molecule has 0 heterocycles. The van der Waals surface area contributed by atoms with Crippen molar-refractivity contribution in [3.63, 3.8) is 0 Å². The van der Waals surface area contributed by atoms with Gasteiger partial charge in [-0.05, 0) is 17.7 Å². The number of benzene rings is 2. The van der Waals surface area contributed by atoms with Crippen LogP contribution in [0.4, 0.5) is 0 Å². The van der Waals surface area contributed by atoms with Gasteiger partial charge in [0.15, 0.2) is 6.10 Å². The van der Waals surface area contributed by atoms with E-state index in [0.717, 1.165) is 9.98 Å². The van der Waals surface area contributed by atoms with Gasteiger partial charge in [0.05, 0.1) is 18.7 Å². The summed E-state index contributed by atoms with van der Waals surface area (Å²) in [6.45, 7) is 0.159. The van der Waals surface area contributed by atoms with E-state index in [4.69, 9.17) is 44.0 Å². The Morgan fingerprint density at radius 1 is 1.23 bits per heavy atom. The van der Waals surface area contributed by atoms with Crippen molar-refractivity contribution in [3.05, 3.63) is 64.2 Å². The van der Waals surface area contributed by atoms with Crippen molar-refractivity contribution in [2.45, 2.75) is 12.6 Å². The van der Waals surface area contributed by atoms with E-state index in [9.17, 15) is 4.79 Å². The molecule has 0 aliphatic heterocycles. The maximum atomic E-state index is 12.7. The molecule has 3 N–H and O–H groups in total. The Labute approximate surface area is 162 Å². The predicted octanol–water partition coefficient (Wildman–Crippen LogP) is 3.50. The van der Waals surface area contributed by atoms with Crippen LogP contribution in [0.25, 0.3) is 0 Å². The van der Waals surface area contributed by atoms with Crippen LogP contribution in [0.3, 0.4) is 0 Å². The van der Waals surface area contributed by atoms with E-state index in [1.54, 1.807) is 42.5 Å². The first-order chi connectivity index (χ1) is 12.4. The predicted molar refractivity (Wildman–Crippen MR) is 102 cm³/mol. The van der Waals surface area contributed by atoms with Crippen molar-refractivity contribution in [1.82, 2.24) is 4.42 Å². The summed E-state index contributed by atoms with van der Waals surface area (Å²) in [5.74, 6) is 0.107. The first kappa shape index (κ1) is 20.0. The van der Waals surface area contributed by atoms with Crippen LogP contribution in [0.1, 0.15) is 22.8 Å². The van der Waals surface area contributed by atoms with Crippen molar-refractivity contribution in [1.29, 1.82) is 5.41 Å². The molecule has 0 saturated heterocycles. The number of nitrogens with two attached hydrogens (primary N) is 1. The molecule has 138 valence electrons. The smallest absolute Gasteiger partial charge is 0.271 e. The molecule has 1 unspecified atom stereocenters. The molecule has 0 aromatic heterocycles. The van der Waals surface area contributed by atoms with Gasteiger partial charge in [0, 0.05) is 30.0 Å². The van der Waals surface area contributed by atoms with Gasteiger partial charge in [0.1, 0.15) is 11.6 Å². The van der Waals surface area contributed by atoms with E-state index in [-0.39, 0.29) is 12.4 Å². The molecule has 0 radical (unpaired) electrons. The lowest BCUT2D eigenvalue weighted by atomic mass is 10.1. The molecule has 1 amide bonds. The molecule has 0 aliphatic carbocycles. The highest BCUT2D eigenvalue weighted by molar-refractivity contribution is 6.32. The number of rotatable bonds is 7. The fourth-order valence-electron chi connectivity index (χ4n) is 2.36. The van der Waals surface area contributed by atoms with Gasteiger partial charge in [-0.2, -0.15) is 0 Å². The van der Waals surface area contributed by atoms with Gasteiger partial charge >= 0.3 is 0 Å². The summed E-state index contributed by atoms with van der Waals surface area (Å²) in [4.78, 5) is 12.7. The molecule has 0 bridgehead atoms. The summed E-state index contributed by atoms with van der Waals surface area (Å²) in [6.07, 6.45) is -0.942. The molecule has 0 aliphatic rings. The molecule has 0 fully saturated rings. The highest BCUT2D eigenvalue weighted by Gasteiger charge is 2.27. The third-order valence-electron chi connectivity index (χ3n) is 3.78. The van der Waals surface area contributed by atoms with Crippen molar-refractivity contribution < 1.29 is 14.3 Å². The molecule has 2 rings (SSSR count). The molecule has 0 spiro atoms. The number of amidine groups is 1. The minimum Gasteiger partial charge on any atom is -0.497 e. The van der Waals surface area contributed by atoms with Gasteiger partial charge in [-0.1, -0.05) is 41.9 Å². The zero-order valence-corrected chi connectivity index (χ0v) is 15.8. The Morgan fingerprint density at radius 3 is 2.38 bits per heavy atom. The van der Waals surface area contributed by atoms with Gasteiger partial charge < -0.3 is 15.2 Å². The Kier molecular flexibility index (Phi) is 6.85. The highest BCUT2D eigenvalue weighted by Crippen LogP contribution is 2.31. The van der Waals surface area contributed by atoms with Crippen LogP contribution in [0.5, 0.6) is 5.75 Å². The first-order valence-electron chi connectivity index (χ1n) is 7.64. The van der Waals surface area contributed by atoms with Crippen LogP contribution >= 0.6 is 23.4 Å². The summed E-state index contributed by atoms with van der Waals surface area (Å²) < 4.78 is 11.5. The maximum Gasteiger partial charge on any atom is 0.271 e. The van der Waals surface area contributed by atoms with Crippen LogP contribution in [-0.2, 0) is 16.1 Å². The van der Waals surface area contributed by atoms with E-state index in [1.165, 1.54) is 14.2 Å². The fourth-order valence-corrected chi connectivity index (χ4v) is 2.86. The quantitative estimate of drug-likeness (QED) is 0.426.